The summed E-state index contributed by atoms with van der Waals surface area (Å²) in [6.45, 7) is 6.52. The van der Waals surface area contributed by atoms with Gasteiger partial charge in [-0.1, -0.05) is 13.8 Å². The summed E-state index contributed by atoms with van der Waals surface area (Å²) in [5, 5.41) is 9.72. The van der Waals surface area contributed by atoms with E-state index in [0.29, 0.717) is 36.7 Å². The minimum absolute atomic E-state index is 0.0654. The number of nitrogens with one attached hydrogen (secondary N) is 2. The molecular weight excluding hydrogens is 451 g/mol. The van der Waals surface area contributed by atoms with Crippen molar-refractivity contribution in [2.75, 3.05) is 35.7 Å². The van der Waals surface area contributed by atoms with Crippen molar-refractivity contribution in [3.05, 3.63) is 29.2 Å². The van der Waals surface area contributed by atoms with E-state index >= 15 is 0 Å². The van der Waals surface area contributed by atoms with E-state index in [2.05, 4.69) is 20.7 Å². The second kappa shape index (κ2) is 8.48. The largest absolute Gasteiger partial charge is 0.435 e. The Balaban J connectivity index is 1.48. The second-order valence-corrected chi connectivity index (χ2v) is 9.19. The molecule has 2 N–H and O–H groups in total. The molecule has 1 fully saturated rings. The second-order valence-electron chi connectivity index (χ2n) is 9.19. The molecule has 1 saturated heterocycles. The first-order chi connectivity index (χ1) is 15.9. The van der Waals surface area contributed by atoms with Gasteiger partial charge in [-0.3, -0.25) is 14.3 Å². The minimum atomic E-state index is -4.61. The molecule has 12 heteroatoms. The molecule has 2 amide bonds. The number of rotatable bonds is 4. The molecule has 2 aromatic heterocycles. The number of nitrogens with zero attached hydrogens (tertiary/aromatic N) is 5. The van der Waals surface area contributed by atoms with Gasteiger partial charge in [0.2, 0.25) is 5.91 Å². The van der Waals surface area contributed by atoms with Crippen molar-refractivity contribution < 1.29 is 22.8 Å². The molecule has 2 aliphatic heterocycles. The third-order valence-electron chi connectivity index (χ3n) is 6.34. The fourth-order valence-corrected chi connectivity index (χ4v) is 4.67. The number of amides is 2. The zero-order valence-corrected chi connectivity index (χ0v) is 19.7. The molecule has 9 nitrogen and oxygen atoms in total. The molecule has 0 aliphatic carbocycles. The summed E-state index contributed by atoms with van der Waals surface area (Å²) >= 11 is 0. The van der Waals surface area contributed by atoms with Crippen molar-refractivity contribution in [3.63, 3.8) is 0 Å². The topological polar surface area (TPSA) is 95.4 Å². The maximum atomic E-state index is 13.0. The van der Waals surface area contributed by atoms with Crippen molar-refractivity contribution in [1.82, 2.24) is 19.7 Å². The molecular formula is C22H28F3N7O2. The van der Waals surface area contributed by atoms with Crippen LogP contribution in [0.25, 0.3) is 0 Å². The Kier molecular flexibility index (Phi) is 5.94. The molecule has 0 radical (unpaired) electrons. The van der Waals surface area contributed by atoms with E-state index in [1.54, 1.807) is 0 Å². The number of likely N-dealkylation sites (N-methyl/N-ethyl adjacent to an activating group) is 1. The third kappa shape index (κ3) is 4.28. The van der Waals surface area contributed by atoms with E-state index in [1.165, 1.54) is 11.9 Å². The number of hydrogen-bond donors (Lipinski definition) is 2. The van der Waals surface area contributed by atoms with Crippen molar-refractivity contribution in [2.24, 2.45) is 13.0 Å². The Morgan fingerprint density at radius 2 is 1.97 bits per heavy atom. The highest BCUT2D eigenvalue weighted by atomic mass is 19.4. The SMILES string of the molecule is Cc1nc(N[C@@H]2CCN(C(=O)c3cc(C(F)(F)F)nn3C)C2)cc2c1NC(=O)C(C(C)C)N2C. The Bertz CT molecular complexity index is 1130. The number of aromatic nitrogens is 3. The van der Waals surface area contributed by atoms with Crippen LogP contribution in [0.15, 0.2) is 12.1 Å². The molecule has 0 spiro atoms. The predicted molar refractivity (Wildman–Crippen MR) is 121 cm³/mol. The normalized spacial score (nSPS) is 20.6. The van der Waals surface area contributed by atoms with Crippen LogP contribution in [0.3, 0.4) is 0 Å². The molecule has 2 aromatic rings. The van der Waals surface area contributed by atoms with Gasteiger partial charge in [-0.15, -0.1) is 0 Å². The van der Waals surface area contributed by atoms with Gasteiger partial charge < -0.3 is 20.4 Å². The highest BCUT2D eigenvalue weighted by Gasteiger charge is 2.37. The summed E-state index contributed by atoms with van der Waals surface area (Å²) in [7, 11) is 3.21. The summed E-state index contributed by atoms with van der Waals surface area (Å²) in [5.74, 6) is 0.166. The van der Waals surface area contributed by atoms with Crippen LogP contribution in [0.2, 0.25) is 0 Å². The van der Waals surface area contributed by atoms with E-state index in [1.807, 2.05) is 38.8 Å². The highest BCUT2D eigenvalue weighted by Crippen LogP contribution is 2.37. The number of alkyl halides is 3. The molecule has 2 atom stereocenters. The number of fused-ring (bicyclic) bond motifs is 1. The van der Waals surface area contributed by atoms with E-state index in [4.69, 9.17) is 0 Å². The van der Waals surface area contributed by atoms with Gasteiger partial charge in [-0.2, -0.15) is 18.3 Å². The lowest BCUT2D eigenvalue weighted by Crippen LogP contribution is -2.49. The Morgan fingerprint density at radius 3 is 2.59 bits per heavy atom. The minimum Gasteiger partial charge on any atom is -0.365 e. The van der Waals surface area contributed by atoms with E-state index < -0.39 is 17.8 Å². The van der Waals surface area contributed by atoms with Gasteiger partial charge in [-0.05, 0) is 19.3 Å². The molecule has 34 heavy (non-hydrogen) atoms. The molecule has 1 unspecified atom stereocenters. The summed E-state index contributed by atoms with van der Waals surface area (Å²) in [5.41, 5.74) is 1.01. The molecule has 0 saturated carbocycles. The monoisotopic (exact) mass is 479 g/mol. The van der Waals surface area contributed by atoms with Crippen molar-refractivity contribution >= 4 is 29.0 Å². The molecule has 0 aromatic carbocycles. The van der Waals surface area contributed by atoms with Gasteiger partial charge in [0.25, 0.3) is 5.91 Å². The zero-order chi connectivity index (χ0) is 24.9. The quantitative estimate of drug-likeness (QED) is 0.700. The van der Waals surface area contributed by atoms with Crippen LogP contribution in [0, 0.1) is 12.8 Å². The van der Waals surface area contributed by atoms with Gasteiger partial charge in [0, 0.05) is 45.4 Å². The first-order valence-corrected chi connectivity index (χ1v) is 11.1. The average Bonchev–Trinajstić information content (AvgIpc) is 3.35. The summed E-state index contributed by atoms with van der Waals surface area (Å²) in [6.07, 6.45) is -3.99. The van der Waals surface area contributed by atoms with Crippen LogP contribution in [0.5, 0.6) is 0 Å². The summed E-state index contributed by atoms with van der Waals surface area (Å²) < 4.78 is 39.8. The Hall–Kier alpha value is -3.31. The lowest BCUT2D eigenvalue weighted by molar-refractivity contribution is -0.141. The van der Waals surface area contributed by atoms with Gasteiger partial charge in [0.1, 0.15) is 17.6 Å². The fraction of sp³-hybridized carbons (Fsp3) is 0.545. The molecule has 4 rings (SSSR count). The van der Waals surface area contributed by atoms with Crippen molar-refractivity contribution in [1.29, 1.82) is 0 Å². The van der Waals surface area contributed by atoms with E-state index in [0.717, 1.165) is 16.4 Å². The van der Waals surface area contributed by atoms with E-state index in [-0.39, 0.29) is 29.6 Å². The third-order valence-corrected chi connectivity index (χ3v) is 6.34. The number of halogens is 3. The Morgan fingerprint density at radius 1 is 1.26 bits per heavy atom. The molecule has 4 heterocycles. The summed E-state index contributed by atoms with van der Waals surface area (Å²) in [6, 6.07) is 2.24. The average molecular weight is 480 g/mol. The maximum Gasteiger partial charge on any atom is 0.435 e. The Labute approximate surface area is 195 Å². The molecule has 0 bridgehead atoms. The number of aryl methyl sites for hydroxylation is 2. The van der Waals surface area contributed by atoms with Crippen LogP contribution in [0.1, 0.15) is 42.1 Å². The van der Waals surface area contributed by atoms with Crippen LogP contribution < -0.4 is 15.5 Å². The highest BCUT2D eigenvalue weighted by molar-refractivity contribution is 6.04. The standard InChI is InChI=1S/C22H28F3N7O2/c1-11(2)19-20(33)28-18-12(3)26-17(9-14(18)30(19)4)27-13-6-7-32(10-13)21(34)15-8-16(22(23,24)25)29-31(15)5/h8-9,11,13,19H,6-7,10H2,1-5H3,(H,26,27)(H,28,33)/t13-,19?/m1/s1. The van der Waals surface area contributed by atoms with Crippen LogP contribution in [-0.2, 0) is 18.0 Å². The number of pyridine rings is 1. The van der Waals surface area contributed by atoms with Gasteiger partial charge in [-0.25, -0.2) is 4.98 Å². The van der Waals surface area contributed by atoms with Gasteiger partial charge in [0.05, 0.1) is 17.1 Å². The smallest absolute Gasteiger partial charge is 0.365 e. The predicted octanol–water partition coefficient (Wildman–Crippen LogP) is 2.88. The molecule has 184 valence electrons. The molecule has 2 aliphatic rings. The van der Waals surface area contributed by atoms with Gasteiger partial charge in [0.15, 0.2) is 5.69 Å². The lowest BCUT2D eigenvalue weighted by Gasteiger charge is -2.38. The number of hydrogen-bond acceptors (Lipinski definition) is 6. The van der Waals surface area contributed by atoms with E-state index in [9.17, 15) is 22.8 Å². The fourth-order valence-electron chi connectivity index (χ4n) is 4.67. The van der Waals surface area contributed by atoms with Crippen molar-refractivity contribution in [3.8, 4) is 0 Å². The van der Waals surface area contributed by atoms with Gasteiger partial charge >= 0.3 is 6.18 Å². The zero-order valence-electron chi connectivity index (χ0n) is 19.7. The summed E-state index contributed by atoms with van der Waals surface area (Å²) in [4.78, 5) is 33.4. The van der Waals surface area contributed by atoms with Crippen LogP contribution in [-0.4, -0.2) is 63.7 Å². The van der Waals surface area contributed by atoms with Crippen molar-refractivity contribution in [2.45, 2.75) is 45.5 Å². The number of carbonyl (C=O) groups is 2. The number of carbonyl (C=O) groups excluding carboxylic acids is 2. The van der Waals surface area contributed by atoms with Crippen LogP contribution >= 0.6 is 0 Å². The number of anilines is 3. The number of likely N-dealkylation sites (tertiary alicyclic amines) is 1. The first-order valence-electron chi connectivity index (χ1n) is 11.1. The first kappa shape index (κ1) is 23.8. The lowest BCUT2D eigenvalue weighted by atomic mass is 9.98. The van der Waals surface area contributed by atoms with Crippen LogP contribution in [0.4, 0.5) is 30.4 Å². The maximum absolute atomic E-state index is 13.0.